The molecule has 0 radical (unpaired) electrons. The maximum Gasteiger partial charge on any atom is 0.274 e. The van der Waals surface area contributed by atoms with E-state index in [2.05, 4.69) is 10.3 Å². The average Bonchev–Trinajstić information content (AvgIpc) is 2.47. The van der Waals surface area contributed by atoms with E-state index in [9.17, 15) is 13.2 Å². The number of nitrogens with one attached hydrogen (secondary N) is 1. The van der Waals surface area contributed by atoms with Crippen LogP contribution in [0.25, 0.3) is 0 Å². The molecular formula is C13H14N4O3S. The maximum atomic E-state index is 11.9. The Morgan fingerprint density at radius 3 is 2.29 bits per heavy atom. The Bertz CT molecular complexity index is 740. The summed E-state index contributed by atoms with van der Waals surface area (Å²) in [5.74, 6) is -0.401. The molecule has 7 nitrogen and oxygen atoms in total. The van der Waals surface area contributed by atoms with Gasteiger partial charge in [0.2, 0.25) is 10.0 Å². The van der Waals surface area contributed by atoms with Gasteiger partial charge < -0.3 is 11.1 Å². The van der Waals surface area contributed by atoms with E-state index in [1.807, 2.05) is 0 Å². The third kappa shape index (κ3) is 3.85. The molecule has 0 saturated heterocycles. The number of rotatable bonds is 4. The van der Waals surface area contributed by atoms with Crippen molar-refractivity contribution in [3.05, 3.63) is 53.9 Å². The zero-order valence-corrected chi connectivity index (χ0v) is 11.8. The highest BCUT2D eigenvalue weighted by Crippen LogP contribution is 2.13. The second-order valence-corrected chi connectivity index (χ2v) is 5.84. The molecule has 0 atom stereocenters. The number of amides is 1. The number of primary sulfonamides is 1. The number of sulfonamides is 1. The Labute approximate surface area is 122 Å². The Morgan fingerprint density at radius 2 is 1.81 bits per heavy atom. The van der Waals surface area contributed by atoms with Crippen LogP contribution in [0.4, 0.5) is 5.69 Å². The molecule has 0 aliphatic carbocycles. The van der Waals surface area contributed by atoms with Crippen LogP contribution in [0.15, 0.2) is 47.5 Å². The molecule has 0 unspecified atom stereocenters. The van der Waals surface area contributed by atoms with Crippen LogP contribution in [0.2, 0.25) is 0 Å². The summed E-state index contributed by atoms with van der Waals surface area (Å²) in [6.45, 7) is 0.351. The summed E-state index contributed by atoms with van der Waals surface area (Å²) >= 11 is 0. The van der Waals surface area contributed by atoms with E-state index in [1.165, 1.54) is 30.5 Å². The van der Waals surface area contributed by atoms with Crippen molar-refractivity contribution in [2.24, 2.45) is 10.9 Å². The lowest BCUT2D eigenvalue weighted by Crippen LogP contribution is -2.15. The Hall–Kier alpha value is -2.29. The maximum absolute atomic E-state index is 11.9. The highest BCUT2D eigenvalue weighted by Gasteiger charge is 2.10. The van der Waals surface area contributed by atoms with Crippen LogP contribution >= 0.6 is 0 Å². The van der Waals surface area contributed by atoms with E-state index >= 15 is 0 Å². The van der Waals surface area contributed by atoms with Gasteiger partial charge in [-0.1, -0.05) is 6.07 Å². The zero-order valence-electron chi connectivity index (χ0n) is 11.0. The van der Waals surface area contributed by atoms with Gasteiger partial charge in [0, 0.05) is 18.4 Å². The molecule has 21 heavy (non-hydrogen) atoms. The summed E-state index contributed by atoms with van der Waals surface area (Å²) in [5, 5.41) is 7.60. The fourth-order valence-electron chi connectivity index (χ4n) is 1.60. The fourth-order valence-corrected chi connectivity index (χ4v) is 2.12. The molecule has 2 rings (SSSR count). The van der Waals surface area contributed by atoms with Crippen molar-refractivity contribution >= 4 is 21.6 Å². The lowest BCUT2D eigenvalue weighted by Gasteiger charge is -2.06. The molecule has 1 heterocycles. The predicted octanol–water partition coefficient (Wildman–Crippen LogP) is 0.440. The van der Waals surface area contributed by atoms with E-state index in [0.29, 0.717) is 12.2 Å². The van der Waals surface area contributed by atoms with Crippen LogP contribution < -0.4 is 16.2 Å². The van der Waals surface area contributed by atoms with Crippen molar-refractivity contribution in [2.45, 2.75) is 11.4 Å². The quantitative estimate of drug-likeness (QED) is 0.755. The summed E-state index contributed by atoms with van der Waals surface area (Å²) in [6.07, 6.45) is 1.53. The molecule has 5 N–H and O–H groups in total. The third-order valence-corrected chi connectivity index (χ3v) is 3.66. The van der Waals surface area contributed by atoms with Crippen LogP contribution in [-0.2, 0) is 16.6 Å². The average molecular weight is 306 g/mol. The summed E-state index contributed by atoms with van der Waals surface area (Å²) in [7, 11) is -3.74. The first-order valence-electron chi connectivity index (χ1n) is 5.99. The number of nitrogens with zero attached hydrogens (tertiary/aromatic N) is 1. The molecule has 0 aliphatic heterocycles. The van der Waals surface area contributed by atoms with E-state index in [0.717, 1.165) is 5.56 Å². The number of carbonyl (C=O) groups is 1. The van der Waals surface area contributed by atoms with Crippen molar-refractivity contribution in [3.63, 3.8) is 0 Å². The van der Waals surface area contributed by atoms with Gasteiger partial charge in [-0.25, -0.2) is 13.6 Å². The van der Waals surface area contributed by atoms with Crippen LogP contribution in [0.5, 0.6) is 0 Å². The number of anilines is 1. The van der Waals surface area contributed by atoms with E-state index in [-0.39, 0.29) is 10.6 Å². The number of carbonyl (C=O) groups excluding carboxylic acids is 1. The topological polar surface area (TPSA) is 128 Å². The van der Waals surface area contributed by atoms with Gasteiger partial charge in [0.25, 0.3) is 5.91 Å². The van der Waals surface area contributed by atoms with Gasteiger partial charge in [0.05, 0.1) is 4.90 Å². The molecule has 110 valence electrons. The van der Waals surface area contributed by atoms with Crippen LogP contribution in [0, 0.1) is 0 Å². The number of aromatic nitrogens is 1. The third-order valence-electron chi connectivity index (χ3n) is 2.73. The molecular weight excluding hydrogens is 292 g/mol. The minimum Gasteiger partial charge on any atom is -0.326 e. The SMILES string of the molecule is NCc1ccc(C(=O)Nc2ccc(S(N)(=O)=O)cc2)nc1. The van der Waals surface area contributed by atoms with Gasteiger partial charge in [-0.05, 0) is 35.9 Å². The summed E-state index contributed by atoms with van der Waals surface area (Å²) in [5.41, 5.74) is 6.95. The van der Waals surface area contributed by atoms with Crippen molar-refractivity contribution in [2.75, 3.05) is 5.32 Å². The van der Waals surface area contributed by atoms with E-state index in [1.54, 1.807) is 12.1 Å². The Kier molecular flexibility index (Phi) is 4.32. The first-order chi connectivity index (χ1) is 9.90. The van der Waals surface area contributed by atoms with E-state index in [4.69, 9.17) is 10.9 Å². The first kappa shape index (κ1) is 15.1. The zero-order chi connectivity index (χ0) is 15.5. The smallest absolute Gasteiger partial charge is 0.274 e. The van der Waals surface area contributed by atoms with Crippen molar-refractivity contribution in [3.8, 4) is 0 Å². The van der Waals surface area contributed by atoms with Crippen molar-refractivity contribution < 1.29 is 13.2 Å². The van der Waals surface area contributed by atoms with Crippen LogP contribution in [0.1, 0.15) is 16.1 Å². The van der Waals surface area contributed by atoms with E-state index < -0.39 is 15.9 Å². The highest BCUT2D eigenvalue weighted by molar-refractivity contribution is 7.89. The standard InChI is InChI=1S/C13H14N4O3S/c14-7-9-1-6-12(16-8-9)13(18)17-10-2-4-11(5-3-10)21(15,19)20/h1-6,8H,7,14H2,(H,17,18)(H2,15,19,20). The molecule has 2 aromatic rings. The molecule has 0 spiro atoms. The normalized spacial score (nSPS) is 11.1. The number of pyridine rings is 1. The van der Waals surface area contributed by atoms with Gasteiger partial charge in [0.1, 0.15) is 5.69 Å². The summed E-state index contributed by atoms with van der Waals surface area (Å²) < 4.78 is 22.2. The van der Waals surface area contributed by atoms with Gasteiger partial charge in [-0.2, -0.15) is 0 Å². The lowest BCUT2D eigenvalue weighted by molar-refractivity contribution is 0.102. The van der Waals surface area contributed by atoms with Crippen LogP contribution in [-0.4, -0.2) is 19.3 Å². The second kappa shape index (κ2) is 6.00. The first-order valence-corrected chi connectivity index (χ1v) is 7.54. The van der Waals surface area contributed by atoms with Crippen LogP contribution in [0.3, 0.4) is 0 Å². The number of benzene rings is 1. The van der Waals surface area contributed by atoms with Gasteiger partial charge in [-0.3, -0.25) is 9.78 Å². The predicted molar refractivity (Wildman–Crippen MR) is 77.9 cm³/mol. The Morgan fingerprint density at radius 1 is 1.14 bits per heavy atom. The van der Waals surface area contributed by atoms with Gasteiger partial charge in [-0.15, -0.1) is 0 Å². The van der Waals surface area contributed by atoms with Crippen molar-refractivity contribution in [1.29, 1.82) is 0 Å². The second-order valence-electron chi connectivity index (χ2n) is 4.28. The number of nitrogens with two attached hydrogens (primary N) is 2. The minimum absolute atomic E-state index is 0.0223. The molecule has 0 fully saturated rings. The molecule has 0 aliphatic rings. The van der Waals surface area contributed by atoms with Crippen molar-refractivity contribution in [1.82, 2.24) is 4.98 Å². The molecule has 0 saturated carbocycles. The summed E-state index contributed by atoms with van der Waals surface area (Å²) in [6, 6.07) is 8.81. The monoisotopic (exact) mass is 306 g/mol. The van der Waals surface area contributed by atoms with Gasteiger partial charge >= 0.3 is 0 Å². The highest BCUT2D eigenvalue weighted by atomic mass is 32.2. The number of hydrogen-bond acceptors (Lipinski definition) is 5. The molecule has 1 amide bonds. The molecule has 0 bridgehead atoms. The summed E-state index contributed by atoms with van der Waals surface area (Å²) in [4.78, 5) is 15.9. The fraction of sp³-hybridized carbons (Fsp3) is 0.0769. The molecule has 8 heteroatoms. The number of hydrogen-bond donors (Lipinski definition) is 3. The molecule has 1 aromatic heterocycles. The largest absolute Gasteiger partial charge is 0.326 e. The molecule has 1 aromatic carbocycles. The Balaban J connectivity index is 2.12. The minimum atomic E-state index is -3.74. The van der Waals surface area contributed by atoms with Gasteiger partial charge in [0.15, 0.2) is 0 Å². The lowest BCUT2D eigenvalue weighted by atomic mass is 10.2.